The highest BCUT2D eigenvalue weighted by molar-refractivity contribution is 8.00. The first kappa shape index (κ1) is 20.6. The lowest BCUT2D eigenvalue weighted by molar-refractivity contribution is -0.148. The highest BCUT2D eigenvalue weighted by atomic mass is 32.2. The summed E-state index contributed by atoms with van der Waals surface area (Å²) in [5.41, 5.74) is 1.56. The molecule has 0 aromatic heterocycles. The molecule has 4 nitrogen and oxygen atoms in total. The molecule has 0 heterocycles. The summed E-state index contributed by atoms with van der Waals surface area (Å²) in [6.07, 6.45) is 0. The molecule has 1 unspecified atom stereocenters. The normalized spacial score (nSPS) is 11.5. The molecule has 1 amide bonds. The molecule has 0 aliphatic rings. The van der Waals surface area contributed by atoms with Crippen molar-refractivity contribution >= 4 is 23.6 Å². The molecule has 1 atom stereocenters. The molecule has 3 aromatic rings. The number of benzene rings is 3. The van der Waals surface area contributed by atoms with E-state index in [1.807, 2.05) is 60.7 Å². The summed E-state index contributed by atoms with van der Waals surface area (Å²) in [6, 6.07) is 24.7. The van der Waals surface area contributed by atoms with Crippen LogP contribution >= 0.6 is 11.8 Å². The van der Waals surface area contributed by atoms with E-state index in [0.29, 0.717) is 0 Å². The minimum Gasteiger partial charge on any atom is -0.454 e. The van der Waals surface area contributed by atoms with Crippen LogP contribution in [0.5, 0.6) is 0 Å². The molecule has 3 aromatic carbocycles. The number of carbonyl (C=O) groups is 2. The number of ether oxygens (including phenoxy) is 1. The van der Waals surface area contributed by atoms with Gasteiger partial charge in [0, 0.05) is 11.4 Å². The van der Waals surface area contributed by atoms with Crippen molar-refractivity contribution in [3.63, 3.8) is 0 Å². The van der Waals surface area contributed by atoms with Crippen molar-refractivity contribution in [2.24, 2.45) is 0 Å². The largest absolute Gasteiger partial charge is 0.454 e. The van der Waals surface area contributed by atoms with Crippen LogP contribution in [-0.4, -0.2) is 18.5 Å². The Morgan fingerprint density at radius 1 is 0.897 bits per heavy atom. The summed E-state index contributed by atoms with van der Waals surface area (Å²) in [6.45, 7) is -0.143. The van der Waals surface area contributed by atoms with Gasteiger partial charge in [0.25, 0.3) is 5.91 Å². The number of amides is 1. The zero-order valence-electron chi connectivity index (χ0n) is 15.6. The third-order valence-electron chi connectivity index (χ3n) is 4.06. The van der Waals surface area contributed by atoms with E-state index < -0.39 is 17.1 Å². The Morgan fingerprint density at radius 2 is 1.52 bits per heavy atom. The predicted molar refractivity (Wildman–Crippen MR) is 111 cm³/mol. The van der Waals surface area contributed by atoms with Crippen molar-refractivity contribution in [1.82, 2.24) is 5.32 Å². The first-order valence-electron chi connectivity index (χ1n) is 9.06. The number of carbonyl (C=O) groups excluding carboxylic acids is 2. The highest BCUT2D eigenvalue weighted by Gasteiger charge is 2.24. The van der Waals surface area contributed by atoms with Gasteiger partial charge in [0.15, 0.2) is 6.61 Å². The van der Waals surface area contributed by atoms with Crippen LogP contribution in [0.2, 0.25) is 0 Å². The van der Waals surface area contributed by atoms with Gasteiger partial charge in [-0.1, -0.05) is 60.7 Å². The van der Waals surface area contributed by atoms with Gasteiger partial charge in [-0.15, -0.1) is 11.8 Å². The zero-order chi connectivity index (χ0) is 20.5. The average molecular weight is 409 g/mol. The molecule has 0 fully saturated rings. The number of thioether (sulfide) groups is 1. The molecule has 0 spiro atoms. The topological polar surface area (TPSA) is 55.4 Å². The maximum absolute atomic E-state index is 12.9. The van der Waals surface area contributed by atoms with Gasteiger partial charge in [0.05, 0.1) is 0 Å². The fourth-order valence-electron chi connectivity index (χ4n) is 2.58. The Balaban J connectivity index is 1.57. The molecule has 0 bridgehead atoms. The first-order valence-corrected chi connectivity index (χ1v) is 9.94. The smallest absolute Gasteiger partial charge is 0.324 e. The summed E-state index contributed by atoms with van der Waals surface area (Å²) in [5.74, 6) is -1.24. The Hall–Kier alpha value is -3.12. The monoisotopic (exact) mass is 409 g/mol. The van der Waals surface area contributed by atoms with Gasteiger partial charge in [-0.25, -0.2) is 4.39 Å². The maximum atomic E-state index is 12.9. The maximum Gasteiger partial charge on any atom is 0.324 e. The van der Waals surface area contributed by atoms with Gasteiger partial charge in [-0.3, -0.25) is 9.59 Å². The van der Waals surface area contributed by atoms with Crippen LogP contribution in [0, 0.1) is 5.82 Å². The number of rotatable bonds is 8. The Labute approximate surface area is 173 Å². The molecule has 29 heavy (non-hydrogen) atoms. The number of halogens is 1. The van der Waals surface area contributed by atoms with Gasteiger partial charge >= 0.3 is 5.97 Å². The van der Waals surface area contributed by atoms with E-state index in [-0.39, 0.29) is 19.0 Å². The number of nitrogens with one attached hydrogen (secondary N) is 1. The lowest BCUT2D eigenvalue weighted by atomic mass is 10.1. The molecule has 0 aliphatic heterocycles. The molecule has 0 saturated heterocycles. The third kappa shape index (κ3) is 6.47. The van der Waals surface area contributed by atoms with Crippen molar-refractivity contribution in [3.05, 3.63) is 102 Å². The summed E-state index contributed by atoms with van der Waals surface area (Å²) in [5, 5.41) is 2.08. The molecular weight excluding hydrogens is 389 g/mol. The molecule has 1 N–H and O–H groups in total. The minimum absolute atomic E-state index is 0.234. The van der Waals surface area contributed by atoms with E-state index in [4.69, 9.17) is 4.74 Å². The minimum atomic E-state index is -0.580. The summed E-state index contributed by atoms with van der Waals surface area (Å²) in [4.78, 5) is 25.7. The van der Waals surface area contributed by atoms with Crippen LogP contribution < -0.4 is 5.32 Å². The average Bonchev–Trinajstić information content (AvgIpc) is 2.76. The van der Waals surface area contributed by atoms with Gasteiger partial charge in [0.2, 0.25) is 0 Å². The highest BCUT2D eigenvalue weighted by Crippen LogP contribution is 2.36. The summed E-state index contributed by atoms with van der Waals surface area (Å²) >= 11 is 1.37. The number of esters is 1. The predicted octanol–water partition coefficient (Wildman–Crippen LogP) is 4.52. The van der Waals surface area contributed by atoms with Gasteiger partial charge in [-0.05, 0) is 35.4 Å². The molecule has 0 saturated carbocycles. The van der Waals surface area contributed by atoms with Crippen LogP contribution in [-0.2, 0) is 20.9 Å². The van der Waals surface area contributed by atoms with Crippen molar-refractivity contribution in [2.75, 3.05) is 6.61 Å². The van der Waals surface area contributed by atoms with Crippen molar-refractivity contribution in [1.29, 1.82) is 0 Å². The zero-order valence-corrected chi connectivity index (χ0v) is 16.4. The van der Waals surface area contributed by atoms with Crippen LogP contribution in [0.1, 0.15) is 16.4 Å². The fourth-order valence-corrected chi connectivity index (χ4v) is 3.63. The Morgan fingerprint density at radius 3 is 2.17 bits per heavy atom. The summed E-state index contributed by atoms with van der Waals surface area (Å²) < 4.78 is 18.2. The molecular formula is C23H20FNO3S. The molecule has 0 aliphatic carbocycles. The Bertz CT molecular complexity index is 933. The van der Waals surface area contributed by atoms with Crippen LogP contribution in [0.15, 0.2) is 89.8 Å². The summed E-state index contributed by atoms with van der Waals surface area (Å²) in [7, 11) is 0. The standard InChI is InChI=1S/C23H20FNO3S/c24-19-13-11-17(12-14-19)15-25-21(26)16-28-23(27)22(18-7-3-1-4-8-18)29-20-9-5-2-6-10-20/h1-14,22H,15-16H2,(H,25,26). The number of hydrogen-bond acceptors (Lipinski definition) is 4. The van der Waals surface area contributed by atoms with E-state index in [1.54, 1.807) is 12.1 Å². The lowest BCUT2D eigenvalue weighted by Crippen LogP contribution is -2.29. The molecule has 3 rings (SSSR count). The third-order valence-corrected chi connectivity index (χ3v) is 5.31. The van der Waals surface area contributed by atoms with Crippen LogP contribution in [0.4, 0.5) is 4.39 Å². The molecule has 0 radical (unpaired) electrons. The second-order valence-corrected chi connectivity index (χ2v) is 7.41. The van der Waals surface area contributed by atoms with Gasteiger partial charge in [-0.2, -0.15) is 0 Å². The fraction of sp³-hybridized carbons (Fsp3) is 0.130. The van der Waals surface area contributed by atoms with E-state index in [9.17, 15) is 14.0 Å². The van der Waals surface area contributed by atoms with Crippen molar-refractivity contribution in [2.45, 2.75) is 16.7 Å². The van der Waals surface area contributed by atoms with Crippen LogP contribution in [0.25, 0.3) is 0 Å². The molecule has 6 heteroatoms. The van der Waals surface area contributed by atoms with Crippen molar-refractivity contribution in [3.8, 4) is 0 Å². The lowest BCUT2D eigenvalue weighted by Gasteiger charge is -2.16. The van der Waals surface area contributed by atoms with Crippen LogP contribution in [0.3, 0.4) is 0 Å². The van der Waals surface area contributed by atoms with E-state index >= 15 is 0 Å². The van der Waals surface area contributed by atoms with Gasteiger partial charge < -0.3 is 10.1 Å². The van der Waals surface area contributed by atoms with Gasteiger partial charge in [0.1, 0.15) is 11.1 Å². The second kappa shape index (κ2) is 10.4. The van der Waals surface area contributed by atoms with E-state index in [0.717, 1.165) is 16.0 Å². The number of hydrogen-bond donors (Lipinski definition) is 1. The second-order valence-electron chi connectivity index (χ2n) is 6.23. The first-order chi connectivity index (χ1) is 14.1. The van der Waals surface area contributed by atoms with E-state index in [1.165, 1.54) is 23.9 Å². The molecule has 148 valence electrons. The van der Waals surface area contributed by atoms with E-state index in [2.05, 4.69) is 5.32 Å². The quantitative estimate of drug-likeness (QED) is 0.439. The SMILES string of the molecule is O=C(COC(=O)C(Sc1ccccc1)c1ccccc1)NCc1ccc(F)cc1. The Kier molecular flexibility index (Phi) is 7.41. The van der Waals surface area contributed by atoms with Crippen molar-refractivity contribution < 1.29 is 18.7 Å².